The summed E-state index contributed by atoms with van der Waals surface area (Å²) in [5, 5.41) is 13.4. The van der Waals surface area contributed by atoms with E-state index in [0.29, 0.717) is 5.92 Å². The van der Waals surface area contributed by atoms with Gasteiger partial charge in [-0.3, -0.25) is 4.98 Å². The van der Waals surface area contributed by atoms with Crippen LogP contribution in [0, 0.1) is 5.92 Å². The third-order valence-corrected chi connectivity index (χ3v) is 3.75. The second-order valence-electron chi connectivity index (χ2n) is 5.67. The van der Waals surface area contributed by atoms with E-state index in [1.165, 1.54) is 5.56 Å². The summed E-state index contributed by atoms with van der Waals surface area (Å²) in [6, 6.07) is 2.02. The van der Waals surface area contributed by atoms with Gasteiger partial charge in [0.05, 0.1) is 11.8 Å². The molecule has 2 N–H and O–H groups in total. The summed E-state index contributed by atoms with van der Waals surface area (Å²) in [7, 11) is 0. The summed E-state index contributed by atoms with van der Waals surface area (Å²) in [6.45, 7) is 5.38. The molecule has 16 heavy (non-hydrogen) atoms. The minimum atomic E-state index is -0.365. The van der Waals surface area contributed by atoms with Gasteiger partial charge >= 0.3 is 0 Å². The first-order valence-corrected chi connectivity index (χ1v) is 6.00. The predicted molar refractivity (Wildman–Crippen MR) is 63.4 cm³/mol. The molecule has 3 heteroatoms. The minimum absolute atomic E-state index is 0.158. The number of hydrogen-bond donors (Lipinski definition) is 2. The molecule has 3 nitrogen and oxygen atoms in total. The van der Waals surface area contributed by atoms with Crippen LogP contribution in [0.2, 0.25) is 0 Å². The molecule has 2 aliphatic rings. The third-order valence-electron chi connectivity index (χ3n) is 3.75. The maximum absolute atomic E-state index is 10.0. The SMILES string of the molecule is CC1(C)CNc2cc(C(O)C3CC3)ncc21. The molecule has 1 aliphatic heterocycles. The van der Waals surface area contributed by atoms with Gasteiger partial charge in [0, 0.05) is 29.4 Å². The first-order chi connectivity index (χ1) is 7.58. The van der Waals surface area contributed by atoms with Crippen molar-refractivity contribution < 1.29 is 5.11 Å². The Morgan fingerprint density at radius 2 is 2.25 bits per heavy atom. The molecule has 0 radical (unpaired) electrons. The van der Waals surface area contributed by atoms with Gasteiger partial charge in [-0.25, -0.2) is 0 Å². The Balaban J connectivity index is 1.94. The number of hydrogen-bond acceptors (Lipinski definition) is 3. The number of nitrogens with one attached hydrogen (secondary N) is 1. The number of rotatable bonds is 2. The maximum Gasteiger partial charge on any atom is 0.0988 e. The van der Waals surface area contributed by atoms with E-state index >= 15 is 0 Å². The van der Waals surface area contributed by atoms with Crippen molar-refractivity contribution in [1.29, 1.82) is 0 Å². The van der Waals surface area contributed by atoms with E-state index in [0.717, 1.165) is 30.8 Å². The van der Waals surface area contributed by atoms with E-state index in [-0.39, 0.29) is 11.5 Å². The summed E-state index contributed by atoms with van der Waals surface area (Å²) in [4.78, 5) is 4.42. The third kappa shape index (κ3) is 1.50. The highest BCUT2D eigenvalue weighted by Crippen LogP contribution is 2.42. The van der Waals surface area contributed by atoms with Gasteiger partial charge in [-0.15, -0.1) is 0 Å². The van der Waals surface area contributed by atoms with Crippen LogP contribution in [-0.4, -0.2) is 16.6 Å². The van der Waals surface area contributed by atoms with Gasteiger partial charge in [0.1, 0.15) is 0 Å². The zero-order chi connectivity index (χ0) is 11.3. The second kappa shape index (κ2) is 3.20. The molecular weight excluding hydrogens is 200 g/mol. The molecular formula is C13H18N2O. The molecule has 3 rings (SSSR count). The van der Waals surface area contributed by atoms with Crippen molar-refractivity contribution >= 4 is 5.69 Å². The zero-order valence-corrected chi connectivity index (χ0v) is 9.83. The number of fused-ring (bicyclic) bond motifs is 1. The largest absolute Gasteiger partial charge is 0.387 e. The molecule has 1 saturated carbocycles. The van der Waals surface area contributed by atoms with Crippen LogP contribution in [0.15, 0.2) is 12.3 Å². The Labute approximate surface area is 95.9 Å². The second-order valence-corrected chi connectivity index (χ2v) is 5.67. The zero-order valence-electron chi connectivity index (χ0n) is 9.83. The number of anilines is 1. The summed E-state index contributed by atoms with van der Waals surface area (Å²) < 4.78 is 0. The van der Waals surface area contributed by atoms with E-state index in [2.05, 4.69) is 24.1 Å². The van der Waals surface area contributed by atoms with Crippen LogP contribution in [0.4, 0.5) is 5.69 Å². The van der Waals surface area contributed by atoms with Crippen LogP contribution in [0.3, 0.4) is 0 Å². The molecule has 0 spiro atoms. The topological polar surface area (TPSA) is 45.1 Å². The molecule has 1 aromatic rings. The highest BCUT2D eigenvalue weighted by atomic mass is 16.3. The molecule has 1 atom stereocenters. The van der Waals surface area contributed by atoms with Crippen molar-refractivity contribution in [3.63, 3.8) is 0 Å². The molecule has 0 amide bonds. The van der Waals surface area contributed by atoms with Crippen molar-refractivity contribution in [3.05, 3.63) is 23.5 Å². The number of pyridine rings is 1. The van der Waals surface area contributed by atoms with Gasteiger partial charge in [-0.1, -0.05) is 13.8 Å². The number of aromatic nitrogens is 1. The Bertz CT molecular complexity index is 424. The van der Waals surface area contributed by atoms with E-state index in [1.54, 1.807) is 0 Å². The van der Waals surface area contributed by atoms with Crippen LogP contribution in [0.5, 0.6) is 0 Å². The lowest BCUT2D eigenvalue weighted by atomic mass is 9.88. The monoisotopic (exact) mass is 218 g/mol. The van der Waals surface area contributed by atoms with Gasteiger partial charge in [-0.2, -0.15) is 0 Å². The van der Waals surface area contributed by atoms with Crippen LogP contribution in [-0.2, 0) is 5.41 Å². The van der Waals surface area contributed by atoms with Crippen LogP contribution in [0.25, 0.3) is 0 Å². The molecule has 0 aromatic carbocycles. The average Bonchev–Trinajstić information content (AvgIpc) is 3.05. The molecule has 1 unspecified atom stereocenters. The number of aliphatic hydroxyl groups excluding tert-OH is 1. The number of nitrogens with zero attached hydrogens (tertiary/aromatic N) is 1. The molecule has 1 fully saturated rings. The fraction of sp³-hybridized carbons (Fsp3) is 0.615. The minimum Gasteiger partial charge on any atom is -0.387 e. The Morgan fingerprint density at radius 3 is 2.94 bits per heavy atom. The van der Waals surface area contributed by atoms with Crippen molar-refractivity contribution in [2.75, 3.05) is 11.9 Å². The van der Waals surface area contributed by atoms with E-state index < -0.39 is 0 Å². The highest BCUT2D eigenvalue weighted by molar-refractivity contribution is 5.59. The maximum atomic E-state index is 10.0. The normalized spacial score (nSPS) is 23.7. The number of aliphatic hydroxyl groups is 1. The van der Waals surface area contributed by atoms with Gasteiger partial charge in [-0.05, 0) is 24.8 Å². The van der Waals surface area contributed by atoms with Crippen LogP contribution >= 0.6 is 0 Å². The first kappa shape index (κ1) is 10.1. The van der Waals surface area contributed by atoms with Gasteiger partial charge in [0.25, 0.3) is 0 Å². The molecule has 0 bridgehead atoms. The van der Waals surface area contributed by atoms with Crippen molar-refractivity contribution in [2.24, 2.45) is 5.92 Å². The fourth-order valence-corrected chi connectivity index (χ4v) is 2.38. The molecule has 1 aromatic heterocycles. The van der Waals surface area contributed by atoms with E-state index in [1.807, 2.05) is 12.3 Å². The fourth-order valence-electron chi connectivity index (χ4n) is 2.38. The molecule has 86 valence electrons. The van der Waals surface area contributed by atoms with E-state index in [9.17, 15) is 5.11 Å². The Kier molecular flexibility index (Phi) is 2.02. The van der Waals surface area contributed by atoms with E-state index in [4.69, 9.17) is 0 Å². The van der Waals surface area contributed by atoms with Crippen molar-refractivity contribution in [3.8, 4) is 0 Å². The quantitative estimate of drug-likeness (QED) is 0.800. The first-order valence-electron chi connectivity index (χ1n) is 6.00. The van der Waals surface area contributed by atoms with Crippen LogP contribution < -0.4 is 5.32 Å². The Morgan fingerprint density at radius 1 is 1.50 bits per heavy atom. The summed E-state index contributed by atoms with van der Waals surface area (Å²) in [5.74, 6) is 0.444. The van der Waals surface area contributed by atoms with Gasteiger partial charge in [0.2, 0.25) is 0 Å². The Hall–Kier alpha value is -1.09. The molecule has 1 aliphatic carbocycles. The summed E-state index contributed by atoms with van der Waals surface area (Å²) in [6.07, 6.45) is 3.84. The lowest BCUT2D eigenvalue weighted by molar-refractivity contribution is 0.149. The molecule has 2 heterocycles. The lowest BCUT2D eigenvalue weighted by Gasteiger charge is -2.17. The van der Waals surface area contributed by atoms with Crippen molar-refractivity contribution in [1.82, 2.24) is 4.98 Å². The predicted octanol–water partition coefficient (Wildman–Crippen LogP) is 2.23. The smallest absolute Gasteiger partial charge is 0.0988 e. The molecule has 0 saturated heterocycles. The summed E-state index contributed by atoms with van der Waals surface area (Å²) in [5.41, 5.74) is 3.39. The van der Waals surface area contributed by atoms with Gasteiger partial charge in [0.15, 0.2) is 0 Å². The summed E-state index contributed by atoms with van der Waals surface area (Å²) >= 11 is 0. The van der Waals surface area contributed by atoms with Crippen LogP contribution in [0.1, 0.15) is 44.1 Å². The van der Waals surface area contributed by atoms with Gasteiger partial charge < -0.3 is 10.4 Å². The van der Waals surface area contributed by atoms with Crippen molar-refractivity contribution in [2.45, 2.75) is 38.2 Å². The lowest BCUT2D eigenvalue weighted by Crippen LogP contribution is -2.19. The highest BCUT2D eigenvalue weighted by Gasteiger charge is 2.34. The average molecular weight is 218 g/mol. The standard InChI is InChI=1S/C13H18N2O/c1-13(2)7-15-10-5-11(14-6-9(10)13)12(16)8-3-4-8/h5-6,8,12,15-16H,3-4,7H2,1-2H3.